The van der Waals surface area contributed by atoms with E-state index in [1.165, 1.54) is 24.0 Å². The number of carbonyl (C=O) groups is 1. The Kier molecular flexibility index (Phi) is 5.65. The summed E-state index contributed by atoms with van der Waals surface area (Å²) in [5, 5.41) is 3.12. The molecule has 2 aliphatic carbocycles. The monoisotopic (exact) mass is 308 g/mol. The minimum absolute atomic E-state index is 0. The predicted octanol–water partition coefficient (Wildman–Crippen LogP) is 3.09. The van der Waals surface area contributed by atoms with Crippen molar-refractivity contribution in [1.29, 1.82) is 0 Å². The van der Waals surface area contributed by atoms with E-state index in [1.54, 1.807) is 0 Å². The first-order valence-electron chi connectivity index (χ1n) is 7.85. The molecule has 3 nitrogen and oxygen atoms in total. The van der Waals surface area contributed by atoms with Gasteiger partial charge in [0.1, 0.15) is 0 Å². The molecule has 0 aromatic heterocycles. The highest BCUT2D eigenvalue weighted by Gasteiger charge is 2.39. The molecule has 0 saturated heterocycles. The molecule has 2 aliphatic rings. The minimum Gasteiger partial charge on any atom is -0.333 e. The minimum atomic E-state index is 0. The lowest BCUT2D eigenvalue weighted by Crippen LogP contribution is -2.36. The number of aryl methyl sites for hydroxylation is 1. The van der Waals surface area contributed by atoms with Gasteiger partial charge in [0.2, 0.25) is 5.91 Å². The third-order valence-corrected chi connectivity index (χ3v) is 4.48. The van der Waals surface area contributed by atoms with Gasteiger partial charge in [0.05, 0.1) is 6.04 Å². The molecular weight excluding hydrogens is 284 g/mol. The maximum Gasteiger partial charge on any atom is 0.223 e. The molecule has 3 rings (SSSR count). The van der Waals surface area contributed by atoms with E-state index >= 15 is 0 Å². The van der Waals surface area contributed by atoms with Crippen molar-refractivity contribution < 1.29 is 4.79 Å². The first kappa shape index (κ1) is 16.3. The summed E-state index contributed by atoms with van der Waals surface area (Å²) in [5.41, 5.74) is 2.83. The molecule has 21 heavy (non-hydrogen) atoms. The molecule has 0 spiro atoms. The maximum atomic E-state index is 12.6. The smallest absolute Gasteiger partial charge is 0.223 e. The highest BCUT2D eigenvalue weighted by atomic mass is 35.5. The van der Waals surface area contributed by atoms with Crippen molar-refractivity contribution in [1.82, 2.24) is 10.2 Å². The van der Waals surface area contributed by atoms with Crippen LogP contribution in [0.3, 0.4) is 0 Å². The summed E-state index contributed by atoms with van der Waals surface area (Å²) in [6.45, 7) is 0.922. The Balaban J connectivity index is 0.00000161. The summed E-state index contributed by atoms with van der Waals surface area (Å²) < 4.78 is 0. The Hall–Kier alpha value is -1.06. The molecule has 116 valence electrons. The molecule has 1 atom stereocenters. The first-order valence-corrected chi connectivity index (χ1v) is 7.85. The Morgan fingerprint density at radius 3 is 2.76 bits per heavy atom. The van der Waals surface area contributed by atoms with Gasteiger partial charge in [0, 0.05) is 12.5 Å². The Morgan fingerprint density at radius 2 is 2.05 bits per heavy atom. The summed E-state index contributed by atoms with van der Waals surface area (Å²) in [4.78, 5) is 14.8. The van der Waals surface area contributed by atoms with Crippen molar-refractivity contribution in [3.05, 3.63) is 35.4 Å². The summed E-state index contributed by atoms with van der Waals surface area (Å²) in [5.74, 6) is 0.351. The Labute approximate surface area is 133 Å². The summed E-state index contributed by atoms with van der Waals surface area (Å²) >= 11 is 0. The fourth-order valence-corrected chi connectivity index (χ4v) is 3.35. The molecule has 1 N–H and O–H groups in total. The summed E-state index contributed by atoms with van der Waals surface area (Å²) in [6.07, 6.45) is 6.22. The highest BCUT2D eigenvalue weighted by molar-refractivity contribution is 5.85. The number of carbonyl (C=O) groups excluding carboxylic acids is 1. The SMILES string of the molecule is CNCCCC(=O)N(C1CC1)C1CCc2ccccc21.Cl. The van der Waals surface area contributed by atoms with Crippen molar-refractivity contribution in [2.45, 2.75) is 50.6 Å². The lowest BCUT2D eigenvalue weighted by atomic mass is 10.1. The second-order valence-electron chi connectivity index (χ2n) is 5.99. The van der Waals surface area contributed by atoms with Crippen molar-refractivity contribution in [3.63, 3.8) is 0 Å². The van der Waals surface area contributed by atoms with E-state index in [9.17, 15) is 4.79 Å². The van der Waals surface area contributed by atoms with Gasteiger partial charge in [-0.05, 0) is 56.8 Å². The van der Waals surface area contributed by atoms with Crippen LogP contribution in [0.15, 0.2) is 24.3 Å². The molecule has 1 amide bonds. The van der Waals surface area contributed by atoms with Gasteiger partial charge >= 0.3 is 0 Å². The van der Waals surface area contributed by atoms with Crippen molar-refractivity contribution in [2.75, 3.05) is 13.6 Å². The highest BCUT2D eigenvalue weighted by Crippen LogP contribution is 2.42. The molecule has 4 heteroatoms. The van der Waals surface area contributed by atoms with Crippen LogP contribution in [0.4, 0.5) is 0 Å². The zero-order valence-corrected chi connectivity index (χ0v) is 13.5. The van der Waals surface area contributed by atoms with Gasteiger partial charge in [-0.25, -0.2) is 0 Å². The molecule has 0 radical (unpaired) electrons. The van der Waals surface area contributed by atoms with Crippen LogP contribution in [0.25, 0.3) is 0 Å². The number of amides is 1. The predicted molar refractivity (Wildman–Crippen MR) is 87.8 cm³/mol. The standard InChI is InChI=1S/C17H24N2O.ClH/c1-18-12-4-7-17(20)19(14-9-10-14)16-11-8-13-5-2-3-6-15(13)16;/h2-3,5-6,14,16,18H,4,7-12H2,1H3;1H. The van der Waals surface area contributed by atoms with Crippen LogP contribution in [0.2, 0.25) is 0 Å². The molecule has 1 aromatic rings. The Morgan fingerprint density at radius 1 is 1.29 bits per heavy atom. The number of halogens is 1. The quantitative estimate of drug-likeness (QED) is 0.819. The van der Waals surface area contributed by atoms with Crippen LogP contribution < -0.4 is 5.32 Å². The van der Waals surface area contributed by atoms with E-state index in [-0.39, 0.29) is 12.4 Å². The summed E-state index contributed by atoms with van der Waals surface area (Å²) in [7, 11) is 1.94. The normalized spacial score (nSPS) is 19.8. The summed E-state index contributed by atoms with van der Waals surface area (Å²) in [6, 6.07) is 9.48. The van der Waals surface area contributed by atoms with Crippen LogP contribution in [-0.4, -0.2) is 30.4 Å². The maximum absolute atomic E-state index is 12.6. The molecule has 0 aliphatic heterocycles. The number of nitrogens with one attached hydrogen (secondary N) is 1. The Bertz CT molecular complexity index is 487. The molecule has 0 heterocycles. The number of hydrogen-bond acceptors (Lipinski definition) is 2. The average molecular weight is 309 g/mol. The lowest BCUT2D eigenvalue weighted by molar-refractivity contribution is -0.134. The largest absolute Gasteiger partial charge is 0.333 e. The van der Waals surface area contributed by atoms with E-state index in [1.807, 2.05) is 7.05 Å². The van der Waals surface area contributed by atoms with Crippen molar-refractivity contribution in [3.8, 4) is 0 Å². The molecule has 1 fully saturated rings. The third-order valence-electron chi connectivity index (χ3n) is 4.48. The van der Waals surface area contributed by atoms with Gasteiger partial charge in [0.25, 0.3) is 0 Å². The number of hydrogen-bond donors (Lipinski definition) is 1. The average Bonchev–Trinajstić information content (AvgIpc) is 3.20. The van der Waals surface area contributed by atoms with Crippen molar-refractivity contribution >= 4 is 18.3 Å². The molecule has 0 bridgehead atoms. The second-order valence-corrected chi connectivity index (χ2v) is 5.99. The van der Waals surface area contributed by atoms with Crippen LogP contribution in [0.5, 0.6) is 0 Å². The van der Waals surface area contributed by atoms with Crippen LogP contribution in [0, 0.1) is 0 Å². The first-order chi connectivity index (χ1) is 9.81. The van der Waals surface area contributed by atoms with Gasteiger partial charge < -0.3 is 10.2 Å². The van der Waals surface area contributed by atoms with E-state index < -0.39 is 0 Å². The third kappa shape index (κ3) is 3.58. The van der Waals surface area contributed by atoms with Gasteiger partial charge in [-0.2, -0.15) is 0 Å². The van der Waals surface area contributed by atoms with Crippen LogP contribution in [-0.2, 0) is 11.2 Å². The molecular formula is C17H25ClN2O. The van der Waals surface area contributed by atoms with Crippen LogP contribution in [0.1, 0.15) is 49.3 Å². The number of fused-ring (bicyclic) bond motifs is 1. The van der Waals surface area contributed by atoms with Crippen LogP contribution >= 0.6 is 12.4 Å². The topological polar surface area (TPSA) is 32.3 Å². The zero-order valence-electron chi connectivity index (χ0n) is 12.7. The number of nitrogens with zero attached hydrogens (tertiary/aromatic N) is 1. The molecule has 1 saturated carbocycles. The zero-order chi connectivity index (χ0) is 13.9. The number of rotatable bonds is 6. The fourth-order valence-electron chi connectivity index (χ4n) is 3.35. The van der Waals surface area contributed by atoms with Gasteiger partial charge in [0.15, 0.2) is 0 Å². The van der Waals surface area contributed by atoms with E-state index in [0.717, 1.165) is 25.8 Å². The van der Waals surface area contributed by atoms with E-state index in [2.05, 4.69) is 34.5 Å². The molecule has 1 unspecified atom stereocenters. The van der Waals surface area contributed by atoms with Crippen molar-refractivity contribution in [2.24, 2.45) is 0 Å². The van der Waals surface area contributed by atoms with E-state index in [4.69, 9.17) is 0 Å². The van der Waals surface area contributed by atoms with Gasteiger partial charge in [-0.1, -0.05) is 24.3 Å². The fraction of sp³-hybridized carbons (Fsp3) is 0.588. The van der Waals surface area contributed by atoms with Gasteiger partial charge in [-0.3, -0.25) is 4.79 Å². The lowest BCUT2D eigenvalue weighted by Gasteiger charge is -2.30. The number of benzene rings is 1. The second kappa shape index (κ2) is 7.28. The van der Waals surface area contributed by atoms with Gasteiger partial charge in [-0.15, -0.1) is 12.4 Å². The molecule has 1 aromatic carbocycles. The van der Waals surface area contributed by atoms with E-state index in [0.29, 0.717) is 24.4 Å².